The predicted octanol–water partition coefficient (Wildman–Crippen LogP) is 3.02. The minimum atomic E-state index is -1.06. The molecule has 2 heterocycles. The SMILES string of the molecule is CCCCN1CCN(Cc2nnc([C@@](C)(Cc3ccccc3)NC(=O)OC(C)(C)C)o2)C(=O)C1=O. The maximum Gasteiger partial charge on any atom is 0.408 e. The fourth-order valence-corrected chi connectivity index (χ4v) is 3.84. The number of hydrogen-bond acceptors (Lipinski definition) is 7. The maximum atomic E-state index is 12.6. The number of nitrogens with one attached hydrogen (secondary N) is 1. The molecule has 0 unspecified atom stereocenters. The number of amides is 3. The smallest absolute Gasteiger partial charge is 0.408 e. The summed E-state index contributed by atoms with van der Waals surface area (Å²) in [7, 11) is 0. The van der Waals surface area contributed by atoms with Gasteiger partial charge in [-0.2, -0.15) is 0 Å². The Morgan fingerprint density at radius 1 is 1.06 bits per heavy atom. The highest BCUT2D eigenvalue weighted by molar-refractivity contribution is 6.35. The predicted molar refractivity (Wildman–Crippen MR) is 128 cm³/mol. The van der Waals surface area contributed by atoms with Gasteiger partial charge in [0, 0.05) is 26.1 Å². The first-order valence-electron chi connectivity index (χ1n) is 12.0. The molecule has 0 spiro atoms. The Hall–Kier alpha value is -3.43. The zero-order chi connectivity index (χ0) is 25.6. The van der Waals surface area contributed by atoms with Gasteiger partial charge >= 0.3 is 17.9 Å². The number of carbonyl (C=O) groups excluding carboxylic acids is 3. The summed E-state index contributed by atoms with van der Waals surface area (Å²) >= 11 is 0. The van der Waals surface area contributed by atoms with Crippen LogP contribution in [0.4, 0.5) is 4.79 Å². The van der Waals surface area contributed by atoms with Crippen LogP contribution in [0.2, 0.25) is 0 Å². The van der Waals surface area contributed by atoms with E-state index in [0.717, 1.165) is 18.4 Å². The van der Waals surface area contributed by atoms with E-state index in [1.165, 1.54) is 4.90 Å². The summed E-state index contributed by atoms with van der Waals surface area (Å²) in [5.41, 5.74) is -0.785. The van der Waals surface area contributed by atoms with Crippen molar-refractivity contribution in [2.24, 2.45) is 0 Å². The van der Waals surface area contributed by atoms with Crippen LogP contribution in [-0.4, -0.2) is 63.1 Å². The van der Waals surface area contributed by atoms with Crippen molar-refractivity contribution in [2.75, 3.05) is 19.6 Å². The number of ether oxygens (including phenoxy) is 1. The molecule has 2 aromatic rings. The zero-order valence-electron chi connectivity index (χ0n) is 21.2. The fraction of sp³-hybridized carbons (Fsp3) is 0.560. The molecule has 1 atom stereocenters. The Morgan fingerprint density at radius 3 is 2.37 bits per heavy atom. The van der Waals surface area contributed by atoms with Crippen LogP contribution in [0.1, 0.15) is 64.8 Å². The van der Waals surface area contributed by atoms with E-state index in [9.17, 15) is 14.4 Å². The van der Waals surface area contributed by atoms with Crippen LogP contribution in [0, 0.1) is 0 Å². The summed E-state index contributed by atoms with van der Waals surface area (Å²) in [6.07, 6.45) is 1.57. The van der Waals surface area contributed by atoms with Crippen molar-refractivity contribution in [2.45, 2.75) is 71.6 Å². The molecular weight excluding hydrogens is 450 g/mol. The second-order valence-corrected chi connectivity index (χ2v) is 9.99. The Labute approximate surface area is 206 Å². The highest BCUT2D eigenvalue weighted by Gasteiger charge is 2.38. The number of alkyl carbamates (subject to hydrolysis) is 1. The third kappa shape index (κ3) is 7.03. The third-order valence-electron chi connectivity index (χ3n) is 5.62. The molecule has 1 saturated heterocycles. The molecular formula is C25H35N5O5. The summed E-state index contributed by atoms with van der Waals surface area (Å²) in [5, 5.41) is 11.2. The number of rotatable bonds is 9. The lowest BCUT2D eigenvalue weighted by Gasteiger charge is -2.33. The highest BCUT2D eigenvalue weighted by Crippen LogP contribution is 2.26. The molecule has 1 aliphatic heterocycles. The first kappa shape index (κ1) is 26.2. The Bertz CT molecular complexity index is 1030. The van der Waals surface area contributed by atoms with Gasteiger partial charge in [-0.05, 0) is 39.7 Å². The Kier molecular flexibility index (Phi) is 8.14. The van der Waals surface area contributed by atoms with E-state index < -0.39 is 29.0 Å². The number of piperazine rings is 1. The molecule has 0 radical (unpaired) electrons. The van der Waals surface area contributed by atoms with Gasteiger partial charge in [0.1, 0.15) is 11.1 Å². The molecule has 35 heavy (non-hydrogen) atoms. The van der Waals surface area contributed by atoms with E-state index in [0.29, 0.717) is 26.1 Å². The highest BCUT2D eigenvalue weighted by atomic mass is 16.6. The molecule has 1 aromatic carbocycles. The molecule has 0 aliphatic carbocycles. The van der Waals surface area contributed by atoms with E-state index in [4.69, 9.17) is 9.15 Å². The summed E-state index contributed by atoms with van der Waals surface area (Å²) < 4.78 is 11.4. The van der Waals surface area contributed by atoms with E-state index in [1.54, 1.807) is 32.6 Å². The topological polar surface area (TPSA) is 118 Å². The average Bonchev–Trinajstić information content (AvgIpc) is 3.25. The van der Waals surface area contributed by atoms with Gasteiger partial charge in [-0.1, -0.05) is 43.7 Å². The van der Waals surface area contributed by atoms with Gasteiger partial charge in [-0.25, -0.2) is 4.79 Å². The zero-order valence-corrected chi connectivity index (χ0v) is 21.2. The van der Waals surface area contributed by atoms with Gasteiger partial charge in [-0.15, -0.1) is 10.2 Å². The lowest BCUT2D eigenvalue weighted by Crippen LogP contribution is -2.54. The summed E-state index contributed by atoms with van der Waals surface area (Å²) in [5.74, 6) is -0.716. The van der Waals surface area contributed by atoms with E-state index in [2.05, 4.69) is 15.5 Å². The van der Waals surface area contributed by atoms with Crippen LogP contribution in [-0.2, 0) is 32.8 Å². The molecule has 1 aromatic heterocycles. The molecule has 190 valence electrons. The molecule has 3 amide bonds. The third-order valence-corrected chi connectivity index (χ3v) is 5.62. The summed E-state index contributed by atoms with van der Waals surface area (Å²) in [4.78, 5) is 40.7. The molecule has 1 aliphatic rings. The minimum Gasteiger partial charge on any atom is -0.444 e. The van der Waals surface area contributed by atoms with Crippen molar-refractivity contribution >= 4 is 17.9 Å². The number of aromatic nitrogens is 2. The van der Waals surface area contributed by atoms with Crippen molar-refractivity contribution < 1.29 is 23.5 Å². The van der Waals surface area contributed by atoms with Gasteiger partial charge in [-0.3, -0.25) is 9.59 Å². The van der Waals surface area contributed by atoms with Gasteiger partial charge in [0.25, 0.3) is 0 Å². The summed E-state index contributed by atoms with van der Waals surface area (Å²) in [6, 6.07) is 9.60. The second-order valence-electron chi connectivity index (χ2n) is 9.99. The molecule has 0 saturated carbocycles. The van der Waals surface area contributed by atoms with E-state index >= 15 is 0 Å². The number of nitrogens with zero attached hydrogens (tertiary/aromatic N) is 4. The van der Waals surface area contributed by atoms with Crippen molar-refractivity contribution in [3.8, 4) is 0 Å². The maximum absolute atomic E-state index is 12.6. The van der Waals surface area contributed by atoms with Crippen molar-refractivity contribution in [3.63, 3.8) is 0 Å². The minimum absolute atomic E-state index is 0.0209. The number of unbranched alkanes of at least 4 members (excludes halogenated alkanes) is 1. The largest absolute Gasteiger partial charge is 0.444 e. The van der Waals surface area contributed by atoms with Gasteiger partial charge in [0.05, 0.1) is 6.54 Å². The van der Waals surface area contributed by atoms with Crippen LogP contribution < -0.4 is 5.32 Å². The van der Waals surface area contributed by atoms with Gasteiger partial charge in [0.2, 0.25) is 11.8 Å². The monoisotopic (exact) mass is 485 g/mol. The number of hydrogen-bond donors (Lipinski definition) is 1. The average molecular weight is 486 g/mol. The lowest BCUT2D eigenvalue weighted by atomic mass is 9.92. The second kappa shape index (κ2) is 10.9. The van der Waals surface area contributed by atoms with E-state index in [-0.39, 0.29) is 18.3 Å². The van der Waals surface area contributed by atoms with Crippen molar-refractivity contribution in [1.82, 2.24) is 25.3 Å². The molecule has 3 rings (SSSR count). The first-order chi connectivity index (χ1) is 16.5. The molecule has 1 N–H and O–H groups in total. The van der Waals surface area contributed by atoms with E-state index in [1.807, 2.05) is 37.3 Å². The van der Waals surface area contributed by atoms with Crippen LogP contribution in [0.5, 0.6) is 0 Å². The molecule has 10 heteroatoms. The Balaban J connectivity index is 1.76. The molecule has 1 fully saturated rings. The summed E-state index contributed by atoms with van der Waals surface area (Å²) in [6.45, 7) is 10.6. The van der Waals surface area contributed by atoms with Gasteiger partial charge < -0.3 is 24.3 Å². The van der Waals surface area contributed by atoms with Crippen molar-refractivity contribution in [3.05, 3.63) is 47.7 Å². The molecule has 10 nitrogen and oxygen atoms in total. The lowest BCUT2D eigenvalue weighted by molar-refractivity contribution is -0.156. The van der Waals surface area contributed by atoms with Crippen LogP contribution in [0.15, 0.2) is 34.7 Å². The van der Waals surface area contributed by atoms with Gasteiger partial charge in [0.15, 0.2) is 0 Å². The Morgan fingerprint density at radius 2 is 1.71 bits per heavy atom. The standard InChI is InChI=1S/C25H35N5O5/c1-6-7-13-29-14-15-30(21(32)20(29)31)17-19-27-28-22(34-19)25(5,16-18-11-9-8-10-12-18)26-23(33)35-24(2,3)4/h8-12H,6-7,13-17H2,1-5H3,(H,26,33)/t25-/m1/s1. The van der Waals surface area contributed by atoms with Crippen LogP contribution in [0.3, 0.4) is 0 Å². The fourth-order valence-electron chi connectivity index (χ4n) is 3.84. The first-order valence-corrected chi connectivity index (χ1v) is 12.0. The van der Waals surface area contributed by atoms with Crippen LogP contribution >= 0.6 is 0 Å². The normalized spacial score (nSPS) is 16.3. The number of benzene rings is 1. The van der Waals surface area contributed by atoms with Crippen molar-refractivity contribution in [1.29, 1.82) is 0 Å². The number of carbonyl (C=O) groups is 3. The molecule has 0 bridgehead atoms. The quantitative estimate of drug-likeness (QED) is 0.543. The van der Waals surface area contributed by atoms with Crippen LogP contribution in [0.25, 0.3) is 0 Å².